The highest BCUT2D eigenvalue weighted by atomic mass is 32.2. The zero-order valence-electron chi connectivity index (χ0n) is 14.8. The van der Waals surface area contributed by atoms with E-state index in [0.717, 1.165) is 19.4 Å². The highest BCUT2D eigenvalue weighted by Gasteiger charge is 2.29. The van der Waals surface area contributed by atoms with Crippen LogP contribution in [0, 0.1) is 0 Å². The van der Waals surface area contributed by atoms with Gasteiger partial charge in [0, 0.05) is 6.54 Å². The Kier molecular flexibility index (Phi) is 5.38. The molecule has 1 aromatic heterocycles. The third-order valence-corrected chi connectivity index (χ3v) is 6.02. The van der Waals surface area contributed by atoms with Gasteiger partial charge in [0.1, 0.15) is 0 Å². The maximum absolute atomic E-state index is 12.8. The van der Waals surface area contributed by atoms with Crippen LogP contribution in [0.3, 0.4) is 0 Å². The summed E-state index contributed by atoms with van der Waals surface area (Å²) in [5.74, 6) is 0.00784. The van der Waals surface area contributed by atoms with Gasteiger partial charge in [0.05, 0.1) is 24.5 Å². The summed E-state index contributed by atoms with van der Waals surface area (Å²) in [5, 5.41) is 11.4. The second-order valence-corrected chi connectivity index (χ2v) is 8.06. The summed E-state index contributed by atoms with van der Waals surface area (Å²) < 4.78 is 32.0. The number of nitrogens with one attached hydrogen (secondary N) is 1. The number of sulfone groups is 1. The second kappa shape index (κ2) is 7.55. The molecule has 1 atom stereocenters. The summed E-state index contributed by atoms with van der Waals surface area (Å²) in [6, 6.07) is 6.36. The Hall–Kier alpha value is -2.26. The topological polar surface area (TPSA) is 103 Å². The molecule has 2 aromatic rings. The van der Waals surface area contributed by atoms with Crippen LogP contribution in [-0.4, -0.2) is 42.8 Å². The number of aromatic nitrogens is 3. The highest BCUT2D eigenvalue weighted by molar-refractivity contribution is 7.90. The molecule has 0 aliphatic carbocycles. The normalized spacial score (nSPS) is 17.4. The van der Waals surface area contributed by atoms with Gasteiger partial charge in [-0.1, -0.05) is 12.1 Å². The molecule has 26 heavy (non-hydrogen) atoms. The summed E-state index contributed by atoms with van der Waals surface area (Å²) in [5.41, 5.74) is 0.948. The zero-order chi connectivity index (χ0) is 18.7. The molecule has 3 rings (SSSR count). The van der Waals surface area contributed by atoms with Gasteiger partial charge in [-0.15, -0.1) is 10.2 Å². The van der Waals surface area contributed by atoms with Crippen molar-refractivity contribution in [1.29, 1.82) is 0 Å². The summed E-state index contributed by atoms with van der Waals surface area (Å²) in [7, 11) is -2.36. The maximum Gasteiger partial charge on any atom is 0.337 e. The summed E-state index contributed by atoms with van der Waals surface area (Å²) in [4.78, 5) is 11.5. The lowest BCUT2D eigenvalue weighted by Gasteiger charge is -2.12. The van der Waals surface area contributed by atoms with Crippen LogP contribution >= 0.6 is 0 Å². The third-order valence-electron chi connectivity index (χ3n) is 4.44. The number of carbonyl (C=O) groups is 1. The van der Waals surface area contributed by atoms with Crippen LogP contribution in [0.1, 0.15) is 47.6 Å². The van der Waals surface area contributed by atoms with Gasteiger partial charge in [-0.3, -0.25) is 0 Å². The first-order chi connectivity index (χ1) is 12.5. The molecule has 9 heteroatoms. The molecule has 140 valence electrons. The van der Waals surface area contributed by atoms with E-state index >= 15 is 0 Å². The first kappa shape index (κ1) is 18.5. The quantitative estimate of drug-likeness (QED) is 0.760. The molecule has 1 aliphatic heterocycles. The predicted octanol–water partition coefficient (Wildman–Crippen LogP) is 1.48. The Morgan fingerprint density at radius 3 is 2.62 bits per heavy atom. The van der Waals surface area contributed by atoms with Gasteiger partial charge in [0.25, 0.3) is 0 Å². The number of ether oxygens (including phenoxy) is 1. The summed E-state index contributed by atoms with van der Waals surface area (Å²) >= 11 is 0. The molecule has 1 fully saturated rings. The van der Waals surface area contributed by atoms with Crippen molar-refractivity contribution in [3.63, 3.8) is 0 Å². The van der Waals surface area contributed by atoms with Gasteiger partial charge in [0.2, 0.25) is 15.0 Å². The molecular formula is C17H22N4O4S. The van der Waals surface area contributed by atoms with E-state index in [0.29, 0.717) is 23.5 Å². The van der Waals surface area contributed by atoms with Gasteiger partial charge in [0.15, 0.2) is 5.82 Å². The van der Waals surface area contributed by atoms with Crippen LogP contribution in [0.25, 0.3) is 0 Å². The van der Waals surface area contributed by atoms with E-state index in [1.54, 1.807) is 28.8 Å². The number of hydrogen-bond acceptors (Lipinski definition) is 7. The molecule has 0 spiro atoms. The average Bonchev–Trinajstić information content (AvgIpc) is 3.30. The molecule has 2 heterocycles. The molecule has 0 saturated carbocycles. The minimum absolute atomic E-state index is 0.0132. The minimum Gasteiger partial charge on any atom is -0.465 e. The number of carbonyl (C=O) groups excluding carboxylic acids is 1. The average molecular weight is 378 g/mol. The second-order valence-electron chi connectivity index (χ2n) is 6.18. The number of methoxy groups -OCH3 is 1. The molecule has 8 nitrogen and oxygen atoms in total. The van der Waals surface area contributed by atoms with Crippen molar-refractivity contribution >= 4 is 15.8 Å². The number of benzene rings is 1. The fraction of sp³-hybridized carbons (Fsp3) is 0.471. The van der Waals surface area contributed by atoms with Crippen LogP contribution in [0.15, 0.2) is 29.4 Å². The Morgan fingerprint density at radius 2 is 2.04 bits per heavy atom. The molecule has 1 unspecified atom stereocenters. The Balaban J connectivity index is 1.85. The molecule has 1 saturated heterocycles. The van der Waals surface area contributed by atoms with E-state index in [2.05, 4.69) is 20.3 Å². The van der Waals surface area contributed by atoms with E-state index in [9.17, 15) is 13.2 Å². The van der Waals surface area contributed by atoms with E-state index in [1.165, 1.54) is 7.11 Å². The Bertz CT molecular complexity index is 884. The SMILES string of the molecule is CCn1c(C2CCCN2)nnc1S(=O)(=O)Cc1ccc(C(=O)OC)cc1. The van der Waals surface area contributed by atoms with Gasteiger partial charge in [-0.25, -0.2) is 13.2 Å². The summed E-state index contributed by atoms with van der Waals surface area (Å²) in [6.07, 6.45) is 1.96. The predicted molar refractivity (Wildman–Crippen MR) is 94.3 cm³/mol. The van der Waals surface area contributed by atoms with E-state index in [1.807, 2.05) is 6.92 Å². The lowest BCUT2D eigenvalue weighted by atomic mass is 10.1. The molecule has 1 aromatic carbocycles. The van der Waals surface area contributed by atoms with Crippen LogP contribution in [0.5, 0.6) is 0 Å². The highest BCUT2D eigenvalue weighted by Crippen LogP contribution is 2.24. The van der Waals surface area contributed by atoms with Crippen molar-refractivity contribution in [2.24, 2.45) is 0 Å². The molecule has 0 radical (unpaired) electrons. The van der Waals surface area contributed by atoms with E-state index in [4.69, 9.17) is 0 Å². The van der Waals surface area contributed by atoms with Gasteiger partial charge in [-0.2, -0.15) is 0 Å². The van der Waals surface area contributed by atoms with E-state index in [-0.39, 0.29) is 17.0 Å². The molecule has 0 bridgehead atoms. The Morgan fingerprint density at radius 1 is 1.31 bits per heavy atom. The van der Waals surface area contributed by atoms with Crippen molar-refractivity contribution in [2.45, 2.75) is 43.3 Å². The standard InChI is InChI=1S/C17H22N4O4S/c1-3-21-15(14-5-4-10-18-14)19-20-17(21)26(23,24)11-12-6-8-13(9-7-12)16(22)25-2/h6-9,14,18H,3-5,10-11H2,1-2H3. The number of nitrogens with zero attached hydrogens (tertiary/aromatic N) is 3. The Labute approximate surface area is 152 Å². The van der Waals surface area contributed by atoms with Gasteiger partial charge >= 0.3 is 5.97 Å². The monoisotopic (exact) mass is 378 g/mol. The first-order valence-corrected chi connectivity index (χ1v) is 10.2. The van der Waals surface area contributed by atoms with E-state index < -0.39 is 15.8 Å². The van der Waals surface area contributed by atoms with Crippen molar-refractivity contribution in [2.75, 3.05) is 13.7 Å². The lowest BCUT2D eigenvalue weighted by Crippen LogP contribution is -2.20. The van der Waals surface area contributed by atoms with Crippen molar-refractivity contribution in [3.05, 3.63) is 41.2 Å². The first-order valence-electron chi connectivity index (χ1n) is 8.52. The number of esters is 1. The summed E-state index contributed by atoms with van der Waals surface area (Å²) in [6.45, 7) is 3.26. The fourth-order valence-corrected chi connectivity index (χ4v) is 4.61. The molecule has 1 N–H and O–H groups in total. The van der Waals surface area contributed by atoms with Gasteiger partial charge < -0.3 is 14.6 Å². The molecular weight excluding hydrogens is 356 g/mol. The van der Waals surface area contributed by atoms with Crippen LogP contribution < -0.4 is 5.32 Å². The van der Waals surface area contributed by atoms with Crippen molar-refractivity contribution in [3.8, 4) is 0 Å². The lowest BCUT2D eigenvalue weighted by molar-refractivity contribution is 0.0600. The zero-order valence-corrected chi connectivity index (χ0v) is 15.6. The van der Waals surface area contributed by atoms with Crippen molar-refractivity contribution < 1.29 is 17.9 Å². The van der Waals surface area contributed by atoms with Gasteiger partial charge in [-0.05, 0) is 44.0 Å². The number of rotatable bonds is 6. The van der Waals surface area contributed by atoms with Crippen LogP contribution in [0.2, 0.25) is 0 Å². The molecule has 1 aliphatic rings. The van der Waals surface area contributed by atoms with Crippen molar-refractivity contribution in [1.82, 2.24) is 20.1 Å². The maximum atomic E-state index is 12.8. The minimum atomic E-state index is -3.66. The van der Waals surface area contributed by atoms with Crippen LogP contribution in [-0.2, 0) is 26.9 Å². The number of hydrogen-bond donors (Lipinski definition) is 1. The smallest absolute Gasteiger partial charge is 0.337 e. The van der Waals surface area contributed by atoms with Crippen LogP contribution in [0.4, 0.5) is 0 Å². The molecule has 0 amide bonds. The largest absolute Gasteiger partial charge is 0.465 e. The third kappa shape index (κ3) is 3.63. The fourth-order valence-electron chi connectivity index (χ4n) is 3.13.